The van der Waals surface area contributed by atoms with Gasteiger partial charge in [0.05, 0.1) is 31.2 Å². The number of nitrogens with one attached hydrogen (secondary N) is 1. The Balaban J connectivity index is 0.00000450. The highest BCUT2D eigenvalue weighted by atomic mass is 127. The summed E-state index contributed by atoms with van der Waals surface area (Å²) in [5.41, 5.74) is 0. The van der Waals surface area contributed by atoms with Crippen LogP contribution in [0.25, 0.3) is 0 Å². The molecule has 1 unspecified atom stereocenters. The van der Waals surface area contributed by atoms with Crippen molar-refractivity contribution in [2.24, 2.45) is 4.99 Å². The number of halogens is 1. The second-order valence-electron chi connectivity index (χ2n) is 7.66. The molecule has 0 aromatic heterocycles. The molecule has 2 aliphatic rings. The first-order valence-electron chi connectivity index (χ1n) is 10.7. The Hall–Kier alpha value is -0.210. The molecule has 0 aromatic carbocycles. The molecule has 0 aromatic rings. The third kappa shape index (κ3) is 9.94. The average Bonchev–Trinajstić information content (AvgIpc) is 3.21. The molecule has 2 heterocycles. The van der Waals surface area contributed by atoms with Crippen LogP contribution in [0.2, 0.25) is 0 Å². The van der Waals surface area contributed by atoms with Gasteiger partial charge in [0.2, 0.25) is 10.0 Å². The van der Waals surface area contributed by atoms with E-state index in [1.807, 2.05) is 13.8 Å². The van der Waals surface area contributed by atoms with Gasteiger partial charge in [-0.2, -0.15) is 4.31 Å². The molecule has 0 radical (unpaired) electrons. The standard InChI is InChI=1S/C19H38N4O5S.HI/c1-17(2)27-14-15-29(24,25)23-10-8-22(9-11-23)19(20-3)21-7-5-12-26-16-18-6-4-13-28-18;/h17-18H,4-16H2,1-3H3,(H,20,21);1H. The van der Waals surface area contributed by atoms with Crippen LogP contribution in [-0.2, 0) is 24.2 Å². The van der Waals surface area contributed by atoms with Crippen molar-refractivity contribution >= 4 is 40.0 Å². The molecule has 1 atom stereocenters. The molecule has 0 spiro atoms. The summed E-state index contributed by atoms with van der Waals surface area (Å²) in [5.74, 6) is 0.841. The van der Waals surface area contributed by atoms with Crippen LogP contribution in [-0.4, -0.2) is 108 Å². The minimum atomic E-state index is -3.27. The third-order valence-electron chi connectivity index (χ3n) is 5.01. The molecule has 2 rings (SSSR count). The number of rotatable bonds is 11. The van der Waals surface area contributed by atoms with Crippen molar-refractivity contribution in [3.05, 3.63) is 0 Å². The van der Waals surface area contributed by atoms with Crippen LogP contribution in [0.3, 0.4) is 0 Å². The molecule has 9 nitrogen and oxygen atoms in total. The van der Waals surface area contributed by atoms with Gasteiger partial charge in [-0.15, -0.1) is 24.0 Å². The minimum absolute atomic E-state index is 0. The van der Waals surface area contributed by atoms with Gasteiger partial charge in [0, 0.05) is 53.0 Å². The molecular weight excluding hydrogens is 523 g/mol. The molecule has 11 heteroatoms. The molecule has 0 amide bonds. The van der Waals surface area contributed by atoms with E-state index in [1.54, 1.807) is 11.4 Å². The van der Waals surface area contributed by atoms with Gasteiger partial charge in [0.1, 0.15) is 0 Å². The van der Waals surface area contributed by atoms with Crippen LogP contribution in [0.4, 0.5) is 0 Å². The molecule has 0 saturated carbocycles. The maximum absolute atomic E-state index is 12.4. The van der Waals surface area contributed by atoms with Crippen molar-refractivity contribution in [3.8, 4) is 0 Å². The molecule has 2 aliphatic heterocycles. The fourth-order valence-corrected chi connectivity index (χ4v) is 4.68. The van der Waals surface area contributed by atoms with Gasteiger partial charge < -0.3 is 24.4 Å². The van der Waals surface area contributed by atoms with Gasteiger partial charge in [0.15, 0.2) is 5.96 Å². The van der Waals surface area contributed by atoms with E-state index in [4.69, 9.17) is 14.2 Å². The summed E-state index contributed by atoms with van der Waals surface area (Å²) in [6.45, 7) is 9.21. The van der Waals surface area contributed by atoms with E-state index in [0.717, 1.165) is 38.4 Å². The zero-order valence-corrected chi connectivity index (χ0v) is 21.7. The van der Waals surface area contributed by atoms with E-state index in [-0.39, 0.29) is 48.5 Å². The number of hydrogen-bond donors (Lipinski definition) is 1. The van der Waals surface area contributed by atoms with E-state index < -0.39 is 10.0 Å². The second kappa shape index (κ2) is 14.8. The lowest BCUT2D eigenvalue weighted by Crippen LogP contribution is -2.54. The third-order valence-corrected chi connectivity index (χ3v) is 6.85. The second-order valence-corrected chi connectivity index (χ2v) is 9.75. The molecular formula is C19H39IN4O5S. The lowest BCUT2D eigenvalue weighted by Gasteiger charge is -2.35. The Morgan fingerprint density at radius 3 is 2.57 bits per heavy atom. The number of aliphatic imine (C=N–C) groups is 1. The van der Waals surface area contributed by atoms with Gasteiger partial charge in [-0.05, 0) is 33.1 Å². The normalized spacial score (nSPS) is 21.1. The first-order valence-corrected chi connectivity index (χ1v) is 12.3. The van der Waals surface area contributed by atoms with Gasteiger partial charge >= 0.3 is 0 Å². The van der Waals surface area contributed by atoms with E-state index in [2.05, 4.69) is 15.2 Å². The van der Waals surface area contributed by atoms with Gasteiger partial charge in [-0.25, -0.2) is 8.42 Å². The Morgan fingerprint density at radius 2 is 1.97 bits per heavy atom. The van der Waals surface area contributed by atoms with Crippen molar-refractivity contribution < 1.29 is 22.6 Å². The summed E-state index contributed by atoms with van der Waals surface area (Å²) in [6, 6.07) is 0. The van der Waals surface area contributed by atoms with Gasteiger partial charge in [-0.1, -0.05) is 0 Å². The smallest absolute Gasteiger partial charge is 0.216 e. The number of hydrogen-bond acceptors (Lipinski definition) is 6. The quantitative estimate of drug-likeness (QED) is 0.175. The number of piperazine rings is 1. The lowest BCUT2D eigenvalue weighted by molar-refractivity contribution is 0.0168. The van der Waals surface area contributed by atoms with Crippen LogP contribution in [0.15, 0.2) is 4.99 Å². The first kappa shape index (κ1) is 27.8. The maximum Gasteiger partial charge on any atom is 0.216 e. The molecule has 2 fully saturated rings. The minimum Gasteiger partial charge on any atom is -0.379 e. The van der Waals surface area contributed by atoms with E-state index >= 15 is 0 Å². The van der Waals surface area contributed by atoms with Crippen molar-refractivity contribution in [1.82, 2.24) is 14.5 Å². The Morgan fingerprint density at radius 1 is 1.23 bits per heavy atom. The van der Waals surface area contributed by atoms with E-state index in [9.17, 15) is 8.42 Å². The lowest BCUT2D eigenvalue weighted by atomic mass is 10.2. The summed E-state index contributed by atoms with van der Waals surface area (Å²) in [4.78, 5) is 6.43. The number of guanidine groups is 1. The Labute approximate surface area is 199 Å². The molecule has 1 N–H and O–H groups in total. The predicted octanol–water partition coefficient (Wildman–Crippen LogP) is 1.14. The monoisotopic (exact) mass is 562 g/mol. The molecule has 0 aliphatic carbocycles. The van der Waals surface area contributed by atoms with Gasteiger partial charge in [-0.3, -0.25) is 4.99 Å². The summed E-state index contributed by atoms with van der Waals surface area (Å²) < 4.78 is 43.0. The summed E-state index contributed by atoms with van der Waals surface area (Å²) in [7, 11) is -1.52. The summed E-state index contributed by atoms with van der Waals surface area (Å²) in [5, 5.41) is 3.34. The molecule has 178 valence electrons. The zero-order valence-electron chi connectivity index (χ0n) is 18.5. The van der Waals surface area contributed by atoms with E-state index in [0.29, 0.717) is 39.4 Å². The first-order chi connectivity index (χ1) is 13.9. The van der Waals surface area contributed by atoms with Crippen molar-refractivity contribution in [2.75, 3.05) is 72.0 Å². The highest BCUT2D eigenvalue weighted by molar-refractivity contribution is 14.0. The fraction of sp³-hybridized carbons (Fsp3) is 0.947. The SMILES string of the molecule is CN=C(NCCCOCC1CCCO1)N1CCN(S(=O)(=O)CCOC(C)C)CC1.I. The highest BCUT2D eigenvalue weighted by Gasteiger charge is 2.27. The Kier molecular flexibility index (Phi) is 13.7. The molecule has 2 saturated heterocycles. The highest BCUT2D eigenvalue weighted by Crippen LogP contribution is 2.12. The van der Waals surface area contributed by atoms with Crippen LogP contribution in [0.1, 0.15) is 33.1 Å². The number of nitrogens with zero attached hydrogens (tertiary/aromatic N) is 3. The topological polar surface area (TPSA) is 92.7 Å². The fourth-order valence-electron chi connectivity index (χ4n) is 3.39. The maximum atomic E-state index is 12.4. The van der Waals surface area contributed by atoms with Crippen LogP contribution in [0, 0.1) is 0 Å². The van der Waals surface area contributed by atoms with Crippen LogP contribution < -0.4 is 5.32 Å². The average molecular weight is 563 g/mol. The molecule has 30 heavy (non-hydrogen) atoms. The van der Waals surface area contributed by atoms with Crippen LogP contribution >= 0.6 is 24.0 Å². The summed E-state index contributed by atoms with van der Waals surface area (Å²) >= 11 is 0. The summed E-state index contributed by atoms with van der Waals surface area (Å²) in [6.07, 6.45) is 3.41. The molecule has 0 bridgehead atoms. The van der Waals surface area contributed by atoms with Crippen molar-refractivity contribution in [1.29, 1.82) is 0 Å². The number of ether oxygens (including phenoxy) is 3. The number of sulfonamides is 1. The van der Waals surface area contributed by atoms with Gasteiger partial charge in [0.25, 0.3) is 0 Å². The van der Waals surface area contributed by atoms with E-state index in [1.165, 1.54) is 0 Å². The Bertz CT molecular complexity index is 592. The van der Waals surface area contributed by atoms with Crippen molar-refractivity contribution in [2.45, 2.75) is 45.3 Å². The van der Waals surface area contributed by atoms with Crippen LogP contribution in [0.5, 0.6) is 0 Å². The zero-order chi connectivity index (χ0) is 21.1. The predicted molar refractivity (Wildman–Crippen MR) is 129 cm³/mol. The van der Waals surface area contributed by atoms with Crippen molar-refractivity contribution in [3.63, 3.8) is 0 Å². The largest absolute Gasteiger partial charge is 0.379 e.